The standard InChI is InChI=1S/C11H17N3O/c1-3-15-7-5-4-6-14-9-10(2)13-11(14)8-12/h9H,3-7H2,1-2H3/p+1. The highest BCUT2D eigenvalue weighted by molar-refractivity contribution is 5.05. The van der Waals surface area contributed by atoms with Crippen molar-refractivity contribution in [3.8, 4) is 6.07 Å². The van der Waals surface area contributed by atoms with Gasteiger partial charge in [-0.3, -0.25) is 0 Å². The van der Waals surface area contributed by atoms with E-state index in [4.69, 9.17) is 10.00 Å². The largest absolute Gasteiger partial charge is 0.382 e. The fraction of sp³-hybridized carbons (Fsp3) is 0.636. The zero-order chi connectivity index (χ0) is 11.1. The molecule has 1 rings (SSSR count). The van der Waals surface area contributed by atoms with Crippen LogP contribution in [0.1, 0.15) is 31.3 Å². The van der Waals surface area contributed by atoms with Gasteiger partial charge < -0.3 is 4.74 Å². The Bertz CT molecular complexity index is 338. The summed E-state index contributed by atoms with van der Waals surface area (Å²) in [4.78, 5) is 3.02. The molecule has 1 aromatic heterocycles. The van der Waals surface area contributed by atoms with E-state index in [1.54, 1.807) is 0 Å². The van der Waals surface area contributed by atoms with Crippen LogP contribution in [0.25, 0.3) is 0 Å². The Morgan fingerprint density at radius 3 is 3.00 bits per heavy atom. The van der Waals surface area contributed by atoms with Crippen LogP contribution in [0.15, 0.2) is 6.20 Å². The molecule has 0 saturated heterocycles. The summed E-state index contributed by atoms with van der Waals surface area (Å²) in [5.74, 6) is 0.629. The number of unbranched alkanes of at least 4 members (excludes halogenated alkanes) is 1. The van der Waals surface area contributed by atoms with Crippen LogP contribution < -0.4 is 4.57 Å². The fourth-order valence-corrected chi connectivity index (χ4v) is 1.49. The number of ether oxygens (including phenoxy) is 1. The van der Waals surface area contributed by atoms with Crippen molar-refractivity contribution in [2.45, 2.75) is 33.2 Å². The lowest BCUT2D eigenvalue weighted by Gasteiger charge is -1.99. The molecule has 0 saturated carbocycles. The molecule has 15 heavy (non-hydrogen) atoms. The summed E-state index contributed by atoms with van der Waals surface area (Å²) in [6, 6.07) is 2.14. The van der Waals surface area contributed by atoms with Crippen LogP contribution in [0, 0.1) is 18.3 Å². The molecule has 0 radical (unpaired) electrons. The lowest BCUT2D eigenvalue weighted by Crippen LogP contribution is -2.35. The third kappa shape index (κ3) is 3.72. The first-order chi connectivity index (χ1) is 7.27. The number of imidazole rings is 1. The van der Waals surface area contributed by atoms with Crippen LogP contribution in [-0.2, 0) is 11.3 Å². The van der Waals surface area contributed by atoms with Crippen LogP contribution in [0.5, 0.6) is 0 Å². The zero-order valence-electron chi connectivity index (χ0n) is 9.42. The van der Waals surface area contributed by atoms with Gasteiger partial charge in [-0.1, -0.05) is 0 Å². The molecule has 0 spiro atoms. The second-order valence-corrected chi connectivity index (χ2v) is 3.49. The SMILES string of the molecule is CCOCCCC[n+]1cc(C)[nH]c1C#N. The van der Waals surface area contributed by atoms with Crippen molar-refractivity contribution in [3.63, 3.8) is 0 Å². The molecule has 0 aliphatic rings. The van der Waals surface area contributed by atoms with Gasteiger partial charge in [-0.2, -0.15) is 5.26 Å². The van der Waals surface area contributed by atoms with E-state index < -0.39 is 0 Å². The maximum Gasteiger partial charge on any atom is 0.359 e. The molecule has 0 unspecified atom stereocenters. The highest BCUT2D eigenvalue weighted by atomic mass is 16.5. The van der Waals surface area contributed by atoms with E-state index >= 15 is 0 Å². The van der Waals surface area contributed by atoms with Crippen LogP contribution in [0.4, 0.5) is 0 Å². The first-order valence-electron chi connectivity index (χ1n) is 5.34. The van der Waals surface area contributed by atoms with Crippen LogP contribution in [-0.4, -0.2) is 18.2 Å². The Kier molecular flexibility index (Phi) is 4.85. The maximum atomic E-state index is 8.85. The number of aromatic amines is 1. The zero-order valence-corrected chi connectivity index (χ0v) is 9.42. The number of nitrogens with zero attached hydrogens (tertiary/aromatic N) is 2. The first-order valence-corrected chi connectivity index (χ1v) is 5.34. The van der Waals surface area contributed by atoms with Gasteiger partial charge in [-0.25, -0.2) is 9.55 Å². The number of nitriles is 1. The minimum absolute atomic E-state index is 0.629. The Morgan fingerprint density at radius 1 is 1.53 bits per heavy atom. The summed E-state index contributed by atoms with van der Waals surface area (Å²) in [6.07, 6.45) is 4.05. The minimum Gasteiger partial charge on any atom is -0.382 e. The number of hydrogen-bond acceptors (Lipinski definition) is 2. The van der Waals surface area contributed by atoms with E-state index in [-0.39, 0.29) is 0 Å². The fourth-order valence-electron chi connectivity index (χ4n) is 1.49. The lowest BCUT2D eigenvalue weighted by atomic mass is 10.3. The van der Waals surface area contributed by atoms with Gasteiger partial charge in [0.05, 0.1) is 6.54 Å². The molecule has 0 bridgehead atoms. The molecule has 0 amide bonds. The van der Waals surface area contributed by atoms with Crippen LogP contribution >= 0.6 is 0 Å². The molecule has 0 aliphatic carbocycles. The third-order valence-corrected chi connectivity index (χ3v) is 2.20. The number of hydrogen-bond donors (Lipinski definition) is 1. The summed E-state index contributed by atoms with van der Waals surface area (Å²) < 4.78 is 7.21. The van der Waals surface area contributed by atoms with E-state index in [0.717, 1.165) is 38.3 Å². The monoisotopic (exact) mass is 208 g/mol. The average Bonchev–Trinajstić information content (AvgIpc) is 2.59. The Labute approximate surface area is 90.5 Å². The molecule has 82 valence electrons. The second kappa shape index (κ2) is 6.20. The lowest BCUT2D eigenvalue weighted by molar-refractivity contribution is -0.698. The number of aromatic nitrogens is 2. The quantitative estimate of drug-likeness (QED) is 0.566. The summed E-state index contributed by atoms with van der Waals surface area (Å²) in [5.41, 5.74) is 1.02. The molecular weight excluding hydrogens is 190 g/mol. The average molecular weight is 208 g/mol. The van der Waals surface area contributed by atoms with Crippen molar-refractivity contribution in [3.05, 3.63) is 17.7 Å². The van der Waals surface area contributed by atoms with Crippen molar-refractivity contribution < 1.29 is 9.30 Å². The summed E-state index contributed by atoms with van der Waals surface area (Å²) in [6.45, 7) is 6.41. The van der Waals surface area contributed by atoms with E-state index in [9.17, 15) is 0 Å². The number of rotatable bonds is 6. The van der Waals surface area contributed by atoms with Crippen molar-refractivity contribution >= 4 is 0 Å². The van der Waals surface area contributed by atoms with Gasteiger partial charge in [0.15, 0.2) is 6.07 Å². The Hall–Kier alpha value is -1.34. The molecule has 0 aromatic carbocycles. The number of nitrogens with one attached hydrogen (secondary N) is 1. The summed E-state index contributed by atoms with van der Waals surface area (Å²) in [7, 11) is 0. The van der Waals surface area contributed by atoms with Gasteiger partial charge in [0.25, 0.3) is 0 Å². The van der Waals surface area contributed by atoms with Crippen molar-refractivity contribution in [1.29, 1.82) is 5.26 Å². The van der Waals surface area contributed by atoms with Crippen molar-refractivity contribution in [2.75, 3.05) is 13.2 Å². The van der Waals surface area contributed by atoms with Crippen LogP contribution in [0.3, 0.4) is 0 Å². The summed E-state index contributed by atoms with van der Waals surface area (Å²) in [5, 5.41) is 8.85. The minimum atomic E-state index is 0.629. The van der Waals surface area contributed by atoms with E-state index in [2.05, 4.69) is 11.1 Å². The van der Waals surface area contributed by atoms with Gasteiger partial charge in [-0.05, 0) is 19.8 Å². The highest BCUT2D eigenvalue weighted by Gasteiger charge is 2.11. The molecule has 1 N–H and O–H groups in total. The highest BCUT2D eigenvalue weighted by Crippen LogP contribution is 1.95. The van der Waals surface area contributed by atoms with E-state index in [1.165, 1.54) is 0 Å². The van der Waals surface area contributed by atoms with E-state index in [0.29, 0.717) is 5.82 Å². The second-order valence-electron chi connectivity index (χ2n) is 3.49. The number of aryl methyl sites for hydroxylation is 2. The van der Waals surface area contributed by atoms with Gasteiger partial charge in [0.1, 0.15) is 11.9 Å². The number of H-pyrrole nitrogens is 1. The van der Waals surface area contributed by atoms with Gasteiger partial charge >= 0.3 is 5.82 Å². The molecule has 1 aromatic rings. The molecular formula is C11H18N3O+. The molecule has 0 atom stereocenters. The van der Waals surface area contributed by atoms with Crippen molar-refractivity contribution in [1.82, 2.24) is 4.98 Å². The molecule has 4 nitrogen and oxygen atoms in total. The summed E-state index contributed by atoms with van der Waals surface area (Å²) >= 11 is 0. The molecule has 0 aliphatic heterocycles. The van der Waals surface area contributed by atoms with Crippen LogP contribution in [0.2, 0.25) is 0 Å². The molecule has 0 fully saturated rings. The van der Waals surface area contributed by atoms with Crippen molar-refractivity contribution in [2.24, 2.45) is 0 Å². The normalized spacial score (nSPS) is 10.2. The molecule has 1 heterocycles. The van der Waals surface area contributed by atoms with E-state index in [1.807, 2.05) is 24.6 Å². The van der Waals surface area contributed by atoms with Gasteiger partial charge in [0.2, 0.25) is 0 Å². The predicted molar refractivity (Wildman–Crippen MR) is 56.2 cm³/mol. The van der Waals surface area contributed by atoms with Gasteiger partial charge in [-0.15, -0.1) is 0 Å². The third-order valence-electron chi connectivity index (χ3n) is 2.20. The first kappa shape index (κ1) is 11.7. The smallest absolute Gasteiger partial charge is 0.359 e. The topological polar surface area (TPSA) is 52.7 Å². The predicted octanol–water partition coefficient (Wildman–Crippen LogP) is 1.30. The maximum absolute atomic E-state index is 8.85. The molecule has 4 heteroatoms. The Morgan fingerprint density at radius 2 is 2.33 bits per heavy atom. The Balaban J connectivity index is 2.34. The van der Waals surface area contributed by atoms with Gasteiger partial charge in [0, 0.05) is 20.1 Å².